The van der Waals surface area contributed by atoms with Gasteiger partial charge < -0.3 is 10.1 Å². The van der Waals surface area contributed by atoms with Gasteiger partial charge in [0, 0.05) is 26.3 Å². The Morgan fingerprint density at radius 1 is 1.59 bits per heavy atom. The first-order valence-electron chi connectivity index (χ1n) is 5.10. The van der Waals surface area contributed by atoms with E-state index in [2.05, 4.69) is 5.32 Å². The van der Waals surface area contributed by atoms with Crippen molar-refractivity contribution in [3.05, 3.63) is 33.9 Å². The minimum absolute atomic E-state index is 0.0820. The first-order valence-corrected chi connectivity index (χ1v) is 5.10. The molecule has 1 aromatic carbocycles. The van der Waals surface area contributed by atoms with Crippen molar-refractivity contribution in [3.63, 3.8) is 0 Å². The van der Waals surface area contributed by atoms with E-state index in [-0.39, 0.29) is 11.3 Å². The number of nitrogens with zero attached hydrogens (tertiary/aromatic N) is 2. The summed E-state index contributed by atoms with van der Waals surface area (Å²) in [4.78, 5) is 10.3. The topological polar surface area (TPSA) is 88.2 Å². The first-order chi connectivity index (χ1) is 8.19. The van der Waals surface area contributed by atoms with Crippen LogP contribution in [0.15, 0.2) is 18.2 Å². The Hall–Kier alpha value is -2.13. The van der Waals surface area contributed by atoms with Crippen LogP contribution in [0.3, 0.4) is 0 Å². The number of methoxy groups -OCH3 is 1. The van der Waals surface area contributed by atoms with E-state index in [9.17, 15) is 10.1 Å². The highest BCUT2D eigenvalue weighted by Gasteiger charge is 2.13. The van der Waals surface area contributed by atoms with E-state index in [0.29, 0.717) is 18.8 Å². The number of benzene rings is 1. The van der Waals surface area contributed by atoms with Gasteiger partial charge in [-0.25, -0.2) is 0 Å². The van der Waals surface area contributed by atoms with Gasteiger partial charge in [0.2, 0.25) is 0 Å². The Morgan fingerprint density at radius 3 is 2.94 bits per heavy atom. The fourth-order valence-corrected chi connectivity index (χ4v) is 1.34. The van der Waals surface area contributed by atoms with Gasteiger partial charge in [0.05, 0.1) is 16.6 Å². The summed E-state index contributed by atoms with van der Waals surface area (Å²) in [7, 11) is 1.60. The summed E-state index contributed by atoms with van der Waals surface area (Å²) in [6.45, 7) is 1.18. The van der Waals surface area contributed by atoms with Crippen LogP contribution < -0.4 is 5.32 Å². The molecule has 0 bridgehead atoms. The Kier molecular flexibility index (Phi) is 4.91. The largest absolute Gasteiger partial charge is 0.385 e. The Balaban J connectivity index is 2.77. The van der Waals surface area contributed by atoms with E-state index in [1.165, 1.54) is 6.07 Å². The van der Waals surface area contributed by atoms with Gasteiger partial charge in [-0.3, -0.25) is 10.1 Å². The predicted octanol–water partition coefficient (Wildman–Crippen LogP) is 1.91. The van der Waals surface area contributed by atoms with Gasteiger partial charge in [-0.05, 0) is 18.6 Å². The van der Waals surface area contributed by atoms with E-state index >= 15 is 0 Å². The van der Waals surface area contributed by atoms with Gasteiger partial charge >= 0.3 is 0 Å². The lowest BCUT2D eigenvalue weighted by molar-refractivity contribution is -0.384. The molecular formula is C11H13N3O3. The second kappa shape index (κ2) is 6.45. The third-order valence-electron chi connectivity index (χ3n) is 2.16. The molecule has 0 saturated heterocycles. The molecule has 0 atom stereocenters. The number of ether oxygens (including phenoxy) is 1. The van der Waals surface area contributed by atoms with Gasteiger partial charge in [0.25, 0.3) is 5.69 Å². The van der Waals surface area contributed by atoms with Crippen molar-refractivity contribution in [2.24, 2.45) is 0 Å². The van der Waals surface area contributed by atoms with E-state index in [4.69, 9.17) is 10.00 Å². The Bertz CT molecular complexity index is 440. The first kappa shape index (κ1) is 12.9. The predicted molar refractivity (Wildman–Crippen MR) is 62.8 cm³/mol. The second-order valence-electron chi connectivity index (χ2n) is 3.37. The van der Waals surface area contributed by atoms with Crippen molar-refractivity contribution in [1.82, 2.24) is 0 Å². The number of nitriles is 1. The van der Waals surface area contributed by atoms with Crippen LogP contribution in [0.1, 0.15) is 12.0 Å². The zero-order valence-corrected chi connectivity index (χ0v) is 9.47. The molecular weight excluding hydrogens is 222 g/mol. The summed E-state index contributed by atoms with van der Waals surface area (Å²) in [6, 6.07) is 6.23. The minimum atomic E-state index is -0.501. The third-order valence-corrected chi connectivity index (χ3v) is 2.16. The zero-order chi connectivity index (χ0) is 12.7. The molecule has 0 amide bonds. The molecule has 17 heavy (non-hydrogen) atoms. The van der Waals surface area contributed by atoms with E-state index in [0.717, 1.165) is 6.42 Å². The maximum absolute atomic E-state index is 10.8. The molecule has 1 N–H and O–H groups in total. The Labute approximate surface area is 99.0 Å². The number of rotatable bonds is 6. The quantitative estimate of drug-likeness (QED) is 0.462. The highest BCUT2D eigenvalue weighted by Crippen LogP contribution is 2.25. The number of nitro benzene ring substituents is 1. The SMILES string of the molecule is COCCCNc1ccc(C#N)cc1[N+](=O)[O-]. The molecule has 0 heterocycles. The highest BCUT2D eigenvalue weighted by molar-refractivity contribution is 5.63. The van der Waals surface area contributed by atoms with Crippen molar-refractivity contribution in [2.75, 3.05) is 25.6 Å². The van der Waals surface area contributed by atoms with Crippen LogP contribution in [0.25, 0.3) is 0 Å². The molecule has 90 valence electrons. The summed E-state index contributed by atoms with van der Waals surface area (Å²) < 4.78 is 4.88. The normalized spacial score (nSPS) is 9.65. The summed E-state index contributed by atoms with van der Waals surface area (Å²) in [6.07, 6.45) is 0.758. The molecule has 1 rings (SSSR count). The molecule has 0 saturated carbocycles. The van der Waals surface area contributed by atoms with Gasteiger partial charge in [0.15, 0.2) is 0 Å². The van der Waals surface area contributed by atoms with Crippen molar-refractivity contribution >= 4 is 11.4 Å². The summed E-state index contributed by atoms with van der Waals surface area (Å²) in [5.74, 6) is 0. The number of nitrogens with one attached hydrogen (secondary N) is 1. The van der Waals surface area contributed by atoms with Crippen LogP contribution in [0, 0.1) is 21.4 Å². The molecule has 0 spiro atoms. The maximum atomic E-state index is 10.8. The molecule has 6 nitrogen and oxygen atoms in total. The summed E-state index contributed by atoms with van der Waals surface area (Å²) in [5, 5.41) is 22.4. The molecule has 0 radical (unpaired) electrons. The van der Waals surface area contributed by atoms with E-state index < -0.39 is 4.92 Å². The van der Waals surface area contributed by atoms with Crippen molar-refractivity contribution < 1.29 is 9.66 Å². The molecule has 1 aromatic rings. The number of hydrogen-bond acceptors (Lipinski definition) is 5. The lowest BCUT2D eigenvalue weighted by Crippen LogP contribution is -2.06. The van der Waals surface area contributed by atoms with E-state index in [1.54, 1.807) is 19.2 Å². The molecule has 6 heteroatoms. The van der Waals surface area contributed by atoms with Crippen molar-refractivity contribution in [1.29, 1.82) is 5.26 Å². The van der Waals surface area contributed by atoms with Crippen LogP contribution in [-0.2, 0) is 4.74 Å². The van der Waals surface area contributed by atoms with Crippen LogP contribution in [0.2, 0.25) is 0 Å². The van der Waals surface area contributed by atoms with Crippen LogP contribution in [0.5, 0.6) is 0 Å². The van der Waals surface area contributed by atoms with Crippen LogP contribution in [0.4, 0.5) is 11.4 Å². The summed E-state index contributed by atoms with van der Waals surface area (Å²) in [5.41, 5.74) is 0.616. The average Bonchev–Trinajstić information content (AvgIpc) is 2.34. The molecule has 0 unspecified atom stereocenters. The smallest absolute Gasteiger partial charge is 0.293 e. The van der Waals surface area contributed by atoms with E-state index in [1.807, 2.05) is 6.07 Å². The fraction of sp³-hybridized carbons (Fsp3) is 0.364. The molecule has 0 aliphatic rings. The van der Waals surface area contributed by atoms with Gasteiger partial charge in [-0.1, -0.05) is 0 Å². The lowest BCUT2D eigenvalue weighted by atomic mass is 10.2. The molecule has 0 aliphatic carbocycles. The molecule has 0 aliphatic heterocycles. The third kappa shape index (κ3) is 3.74. The van der Waals surface area contributed by atoms with Gasteiger partial charge in [-0.2, -0.15) is 5.26 Å². The minimum Gasteiger partial charge on any atom is -0.385 e. The van der Waals surface area contributed by atoms with Gasteiger partial charge in [-0.15, -0.1) is 0 Å². The second-order valence-corrected chi connectivity index (χ2v) is 3.37. The van der Waals surface area contributed by atoms with Crippen molar-refractivity contribution in [2.45, 2.75) is 6.42 Å². The highest BCUT2D eigenvalue weighted by atomic mass is 16.6. The zero-order valence-electron chi connectivity index (χ0n) is 9.47. The van der Waals surface area contributed by atoms with Crippen LogP contribution >= 0.6 is 0 Å². The lowest BCUT2D eigenvalue weighted by Gasteiger charge is -2.06. The number of nitro groups is 1. The fourth-order valence-electron chi connectivity index (χ4n) is 1.34. The van der Waals surface area contributed by atoms with Crippen molar-refractivity contribution in [3.8, 4) is 6.07 Å². The average molecular weight is 235 g/mol. The Morgan fingerprint density at radius 2 is 2.35 bits per heavy atom. The van der Waals surface area contributed by atoms with Crippen LogP contribution in [-0.4, -0.2) is 25.2 Å². The maximum Gasteiger partial charge on any atom is 0.293 e. The number of hydrogen-bond donors (Lipinski definition) is 1. The summed E-state index contributed by atoms with van der Waals surface area (Å²) >= 11 is 0. The molecule has 0 fully saturated rings. The standard InChI is InChI=1S/C11H13N3O3/c1-17-6-2-5-13-10-4-3-9(8-12)7-11(10)14(15)16/h3-4,7,13H,2,5-6H2,1H3. The number of anilines is 1. The monoisotopic (exact) mass is 235 g/mol. The molecule has 0 aromatic heterocycles. The van der Waals surface area contributed by atoms with Gasteiger partial charge in [0.1, 0.15) is 5.69 Å².